The molecule has 6 nitrogen and oxygen atoms in total. The van der Waals surface area contributed by atoms with Crippen molar-refractivity contribution in [2.24, 2.45) is 0 Å². The van der Waals surface area contributed by atoms with Crippen molar-refractivity contribution in [1.82, 2.24) is 5.32 Å². The highest BCUT2D eigenvalue weighted by molar-refractivity contribution is 7.92. The van der Waals surface area contributed by atoms with Crippen LogP contribution in [0.15, 0.2) is 71.6 Å². The summed E-state index contributed by atoms with van der Waals surface area (Å²) in [5.41, 5.74) is 4.35. The summed E-state index contributed by atoms with van der Waals surface area (Å²) in [5.74, 6) is 0.368. The van der Waals surface area contributed by atoms with Crippen molar-refractivity contribution in [3.8, 4) is 5.75 Å². The third-order valence-corrected chi connectivity index (χ3v) is 7.26. The summed E-state index contributed by atoms with van der Waals surface area (Å²) in [4.78, 5) is 12.9. The van der Waals surface area contributed by atoms with E-state index in [0.29, 0.717) is 5.69 Å². The van der Waals surface area contributed by atoms with Gasteiger partial charge in [0.25, 0.3) is 10.0 Å². The van der Waals surface area contributed by atoms with Crippen LogP contribution in [0.5, 0.6) is 5.75 Å². The molecule has 7 heteroatoms. The first-order chi connectivity index (χ1) is 15.7. The Kier molecular flexibility index (Phi) is 7.76. The number of amides is 1. The van der Waals surface area contributed by atoms with E-state index in [1.165, 1.54) is 16.4 Å². The molecule has 3 aromatic rings. The van der Waals surface area contributed by atoms with Crippen molar-refractivity contribution in [1.29, 1.82) is 0 Å². The van der Waals surface area contributed by atoms with Gasteiger partial charge in [0.15, 0.2) is 0 Å². The van der Waals surface area contributed by atoms with Crippen LogP contribution in [-0.2, 0) is 14.8 Å². The minimum atomic E-state index is -3.93. The van der Waals surface area contributed by atoms with E-state index in [0.717, 1.165) is 28.0 Å². The largest absolute Gasteiger partial charge is 0.491 e. The topological polar surface area (TPSA) is 75.7 Å². The van der Waals surface area contributed by atoms with Crippen molar-refractivity contribution >= 4 is 21.6 Å². The maximum absolute atomic E-state index is 13.4. The number of carbonyl (C=O) groups is 1. The number of hydrogen-bond acceptors (Lipinski definition) is 4. The minimum Gasteiger partial charge on any atom is -0.491 e. The van der Waals surface area contributed by atoms with E-state index in [-0.39, 0.29) is 24.6 Å². The fraction of sp³-hybridized carbons (Fsp3) is 0.269. The Morgan fingerprint density at radius 1 is 0.909 bits per heavy atom. The predicted molar refractivity (Wildman–Crippen MR) is 131 cm³/mol. The number of anilines is 1. The molecule has 0 fully saturated rings. The van der Waals surface area contributed by atoms with Gasteiger partial charge in [-0.25, -0.2) is 8.42 Å². The molecule has 33 heavy (non-hydrogen) atoms. The van der Waals surface area contributed by atoms with Crippen LogP contribution in [0.25, 0.3) is 0 Å². The maximum Gasteiger partial charge on any atom is 0.264 e. The fourth-order valence-electron chi connectivity index (χ4n) is 3.43. The minimum absolute atomic E-state index is 0.136. The van der Waals surface area contributed by atoms with Crippen molar-refractivity contribution in [2.45, 2.75) is 32.6 Å². The third-order valence-electron chi connectivity index (χ3n) is 5.49. The highest BCUT2D eigenvalue weighted by atomic mass is 32.2. The van der Waals surface area contributed by atoms with Gasteiger partial charge >= 0.3 is 0 Å². The van der Waals surface area contributed by atoms with Crippen molar-refractivity contribution in [3.63, 3.8) is 0 Å². The second kappa shape index (κ2) is 10.5. The Bertz CT molecular complexity index is 1220. The van der Waals surface area contributed by atoms with Gasteiger partial charge in [-0.3, -0.25) is 9.10 Å². The first kappa shape index (κ1) is 24.3. The van der Waals surface area contributed by atoms with Crippen LogP contribution in [0.1, 0.15) is 22.3 Å². The third kappa shape index (κ3) is 5.93. The first-order valence-electron chi connectivity index (χ1n) is 10.8. The molecule has 0 saturated carbocycles. The molecule has 0 spiro atoms. The van der Waals surface area contributed by atoms with Crippen LogP contribution in [-0.4, -0.2) is 34.0 Å². The molecule has 0 radical (unpaired) electrons. The molecular weight excluding hydrogens is 436 g/mol. The molecule has 1 N–H and O–H groups in total. The van der Waals surface area contributed by atoms with Crippen LogP contribution in [0.2, 0.25) is 0 Å². The predicted octanol–water partition coefficient (Wildman–Crippen LogP) is 4.31. The molecule has 0 bridgehead atoms. The summed E-state index contributed by atoms with van der Waals surface area (Å²) in [6.07, 6.45) is 0. The average molecular weight is 467 g/mol. The van der Waals surface area contributed by atoms with E-state index in [9.17, 15) is 13.2 Å². The number of sulfonamides is 1. The quantitative estimate of drug-likeness (QED) is 0.477. The summed E-state index contributed by atoms with van der Waals surface area (Å²) in [7, 11) is -3.93. The first-order valence-corrected chi connectivity index (χ1v) is 12.2. The van der Waals surface area contributed by atoms with Crippen LogP contribution >= 0.6 is 0 Å². The Morgan fingerprint density at radius 2 is 1.64 bits per heavy atom. The zero-order valence-electron chi connectivity index (χ0n) is 19.5. The van der Waals surface area contributed by atoms with Gasteiger partial charge in [0.05, 0.1) is 17.1 Å². The Morgan fingerprint density at radius 3 is 2.36 bits per heavy atom. The summed E-state index contributed by atoms with van der Waals surface area (Å²) < 4.78 is 33.8. The molecule has 0 aromatic heterocycles. The van der Waals surface area contributed by atoms with Crippen LogP contribution < -0.4 is 14.4 Å². The smallest absolute Gasteiger partial charge is 0.264 e. The lowest BCUT2D eigenvalue weighted by molar-refractivity contribution is -0.119. The molecule has 174 valence electrons. The van der Waals surface area contributed by atoms with E-state index in [1.54, 1.807) is 24.3 Å². The molecule has 0 aliphatic heterocycles. The molecule has 1 amide bonds. The molecule has 0 aliphatic rings. The number of carbonyl (C=O) groups excluding carboxylic acids is 1. The van der Waals surface area contributed by atoms with Gasteiger partial charge in [-0.15, -0.1) is 0 Å². The Hall–Kier alpha value is -3.32. The zero-order chi connectivity index (χ0) is 24.0. The van der Waals surface area contributed by atoms with Crippen molar-refractivity contribution in [2.75, 3.05) is 24.0 Å². The van der Waals surface area contributed by atoms with E-state index < -0.39 is 15.9 Å². The number of nitrogens with zero attached hydrogens (tertiary/aromatic N) is 1. The number of benzene rings is 3. The van der Waals surface area contributed by atoms with Gasteiger partial charge in [-0.2, -0.15) is 0 Å². The molecule has 0 unspecified atom stereocenters. The molecular formula is C26H30N2O4S. The number of ether oxygens (including phenoxy) is 1. The summed E-state index contributed by atoms with van der Waals surface area (Å²) >= 11 is 0. The monoisotopic (exact) mass is 466 g/mol. The standard InChI is InChI=1S/C26H30N2O4S/c1-19-13-14-21(3)24(17-19)28(33(30,31)23-10-6-5-7-11-23)18-26(29)27-15-16-32-25-12-8-9-20(2)22(25)4/h5-14,17H,15-16,18H2,1-4H3,(H,27,29). The van der Waals surface area contributed by atoms with Gasteiger partial charge in [0.2, 0.25) is 5.91 Å². The Labute approximate surface area is 196 Å². The number of nitrogens with one attached hydrogen (secondary N) is 1. The molecule has 3 aromatic carbocycles. The van der Waals surface area contributed by atoms with Crippen LogP contribution in [0.4, 0.5) is 5.69 Å². The lowest BCUT2D eigenvalue weighted by atomic mass is 10.1. The lowest BCUT2D eigenvalue weighted by Gasteiger charge is -2.26. The van der Waals surface area contributed by atoms with Crippen LogP contribution in [0, 0.1) is 27.7 Å². The summed E-state index contributed by atoms with van der Waals surface area (Å²) in [6, 6.07) is 19.5. The molecule has 0 atom stereocenters. The van der Waals surface area contributed by atoms with Gasteiger partial charge in [-0.1, -0.05) is 42.5 Å². The van der Waals surface area contributed by atoms with Gasteiger partial charge in [0.1, 0.15) is 18.9 Å². The van der Waals surface area contributed by atoms with E-state index in [2.05, 4.69) is 5.32 Å². The van der Waals surface area contributed by atoms with E-state index >= 15 is 0 Å². The number of hydrogen-bond donors (Lipinski definition) is 1. The molecule has 0 heterocycles. The molecule has 0 saturated heterocycles. The number of aryl methyl sites for hydroxylation is 3. The van der Waals surface area contributed by atoms with E-state index in [1.807, 2.05) is 58.0 Å². The van der Waals surface area contributed by atoms with Gasteiger partial charge < -0.3 is 10.1 Å². The molecule has 3 rings (SSSR count). The lowest BCUT2D eigenvalue weighted by Crippen LogP contribution is -2.42. The average Bonchev–Trinajstić information content (AvgIpc) is 2.80. The normalized spacial score (nSPS) is 11.2. The summed E-state index contributed by atoms with van der Waals surface area (Å²) in [6.45, 7) is 7.94. The highest BCUT2D eigenvalue weighted by Crippen LogP contribution is 2.27. The molecule has 0 aliphatic carbocycles. The Balaban J connectivity index is 1.74. The van der Waals surface area contributed by atoms with Crippen LogP contribution in [0.3, 0.4) is 0 Å². The highest BCUT2D eigenvalue weighted by Gasteiger charge is 2.28. The van der Waals surface area contributed by atoms with Gasteiger partial charge in [-0.05, 0) is 74.2 Å². The second-order valence-corrected chi connectivity index (χ2v) is 9.87. The SMILES string of the molecule is Cc1ccc(C)c(N(CC(=O)NCCOc2cccc(C)c2C)S(=O)(=O)c2ccccc2)c1. The van der Waals surface area contributed by atoms with Crippen molar-refractivity contribution < 1.29 is 17.9 Å². The van der Waals surface area contributed by atoms with Crippen molar-refractivity contribution in [3.05, 3.63) is 89.0 Å². The number of rotatable bonds is 9. The summed E-state index contributed by atoms with van der Waals surface area (Å²) in [5, 5.41) is 2.77. The maximum atomic E-state index is 13.4. The zero-order valence-corrected chi connectivity index (χ0v) is 20.3. The fourth-order valence-corrected chi connectivity index (χ4v) is 4.92. The van der Waals surface area contributed by atoms with Gasteiger partial charge in [0, 0.05) is 0 Å². The second-order valence-electron chi connectivity index (χ2n) is 8.01. The van der Waals surface area contributed by atoms with E-state index in [4.69, 9.17) is 4.74 Å².